The molecule has 1 saturated carbocycles. The summed E-state index contributed by atoms with van der Waals surface area (Å²) >= 11 is 0. The van der Waals surface area contributed by atoms with Gasteiger partial charge in [0.25, 0.3) is 0 Å². The van der Waals surface area contributed by atoms with E-state index in [1.54, 1.807) is 18.2 Å². The highest BCUT2D eigenvalue weighted by atomic mass is 19.1. The zero-order valence-electron chi connectivity index (χ0n) is 15.1. The SMILES string of the molecule is CCC1CCC(c2ccc(C(F)CC3CC=C(F)CC3)c(F)c2)CC1. The summed E-state index contributed by atoms with van der Waals surface area (Å²) in [6.45, 7) is 2.23. The van der Waals surface area contributed by atoms with Crippen molar-refractivity contribution in [2.75, 3.05) is 0 Å². The lowest BCUT2D eigenvalue weighted by molar-refractivity contribution is 0.251. The van der Waals surface area contributed by atoms with E-state index in [0.717, 1.165) is 24.3 Å². The Bertz CT molecular complexity index is 599. The Labute approximate surface area is 149 Å². The van der Waals surface area contributed by atoms with E-state index < -0.39 is 12.0 Å². The van der Waals surface area contributed by atoms with E-state index >= 15 is 0 Å². The number of rotatable bonds is 5. The summed E-state index contributed by atoms with van der Waals surface area (Å²) in [4.78, 5) is 0. The van der Waals surface area contributed by atoms with Crippen molar-refractivity contribution in [3.63, 3.8) is 0 Å². The van der Waals surface area contributed by atoms with E-state index in [0.29, 0.717) is 25.2 Å². The van der Waals surface area contributed by atoms with Gasteiger partial charge in [-0.15, -0.1) is 0 Å². The van der Waals surface area contributed by atoms with Crippen molar-refractivity contribution in [1.29, 1.82) is 0 Å². The monoisotopic (exact) mass is 350 g/mol. The Morgan fingerprint density at radius 2 is 1.80 bits per heavy atom. The Balaban J connectivity index is 1.61. The Kier molecular flexibility index (Phi) is 6.24. The molecule has 0 aromatic heterocycles. The summed E-state index contributed by atoms with van der Waals surface area (Å²) in [7, 11) is 0. The molecule has 3 rings (SSSR count). The normalized spacial score (nSPS) is 28.5. The van der Waals surface area contributed by atoms with Crippen LogP contribution in [0, 0.1) is 17.7 Å². The van der Waals surface area contributed by atoms with Crippen molar-refractivity contribution in [2.24, 2.45) is 11.8 Å². The van der Waals surface area contributed by atoms with Gasteiger partial charge in [-0.2, -0.15) is 0 Å². The van der Waals surface area contributed by atoms with Gasteiger partial charge in [0, 0.05) is 5.56 Å². The molecule has 2 aliphatic carbocycles. The molecule has 0 N–H and O–H groups in total. The summed E-state index contributed by atoms with van der Waals surface area (Å²) in [6.07, 6.45) is 7.99. The molecule has 0 amide bonds. The maximum absolute atomic E-state index is 14.6. The van der Waals surface area contributed by atoms with Crippen LogP contribution in [0.5, 0.6) is 0 Å². The van der Waals surface area contributed by atoms with Gasteiger partial charge in [-0.05, 0) is 80.8 Å². The molecule has 0 nitrogen and oxygen atoms in total. The summed E-state index contributed by atoms with van der Waals surface area (Å²) in [5, 5.41) is 0. The maximum Gasteiger partial charge on any atom is 0.129 e. The molecule has 2 unspecified atom stereocenters. The van der Waals surface area contributed by atoms with Crippen LogP contribution in [0.25, 0.3) is 0 Å². The minimum Gasteiger partial charge on any atom is -0.242 e. The molecule has 3 heteroatoms. The Morgan fingerprint density at radius 1 is 1.04 bits per heavy atom. The van der Waals surface area contributed by atoms with Crippen LogP contribution in [0.4, 0.5) is 13.2 Å². The molecule has 2 atom stereocenters. The van der Waals surface area contributed by atoms with Crippen LogP contribution < -0.4 is 0 Å². The number of halogens is 3. The second kappa shape index (κ2) is 8.42. The third kappa shape index (κ3) is 4.68. The lowest BCUT2D eigenvalue weighted by Crippen LogP contribution is -2.13. The van der Waals surface area contributed by atoms with Crippen molar-refractivity contribution in [3.05, 3.63) is 47.0 Å². The first-order chi connectivity index (χ1) is 12.1. The summed E-state index contributed by atoms with van der Waals surface area (Å²) in [5.74, 6) is 0.818. The van der Waals surface area contributed by atoms with Gasteiger partial charge >= 0.3 is 0 Å². The number of hydrogen-bond acceptors (Lipinski definition) is 0. The molecule has 1 aromatic rings. The van der Waals surface area contributed by atoms with E-state index in [9.17, 15) is 13.2 Å². The molecule has 0 spiro atoms. The third-order valence-electron chi connectivity index (χ3n) is 6.26. The maximum atomic E-state index is 14.6. The first-order valence-corrected chi connectivity index (χ1v) is 9.84. The highest BCUT2D eigenvalue weighted by Gasteiger charge is 2.25. The van der Waals surface area contributed by atoms with Crippen molar-refractivity contribution in [1.82, 2.24) is 0 Å². The van der Waals surface area contributed by atoms with Gasteiger partial charge in [-0.3, -0.25) is 0 Å². The van der Waals surface area contributed by atoms with Crippen LogP contribution >= 0.6 is 0 Å². The highest BCUT2D eigenvalue weighted by Crippen LogP contribution is 2.39. The molecular weight excluding hydrogens is 321 g/mol. The lowest BCUT2D eigenvalue weighted by atomic mass is 9.77. The fraction of sp³-hybridized carbons (Fsp3) is 0.636. The molecule has 25 heavy (non-hydrogen) atoms. The van der Waals surface area contributed by atoms with Gasteiger partial charge in [0.05, 0.1) is 5.83 Å². The fourth-order valence-electron chi connectivity index (χ4n) is 4.45. The van der Waals surface area contributed by atoms with E-state index in [1.165, 1.54) is 19.3 Å². The lowest BCUT2D eigenvalue weighted by Gasteiger charge is -2.28. The smallest absolute Gasteiger partial charge is 0.129 e. The van der Waals surface area contributed by atoms with Gasteiger partial charge < -0.3 is 0 Å². The van der Waals surface area contributed by atoms with Crippen LogP contribution in [0.2, 0.25) is 0 Å². The second-order valence-electron chi connectivity index (χ2n) is 7.90. The summed E-state index contributed by atoms with van der Waals surface area (Å²) in [6, 6.07) is 5.11. The Morgan fingerprint density at radius 3 is 2.40 bits per heavy atom. The summed E-state index contributed by atoms with van der Waals surface area (Å²) in [5.41, 5.74) is 1.19. The minimum absolute atomic E-state index is 0.0972. The average Bonchev–Trinajstić information content (AvgIpc) is 2.63. The highest BCUT2D eigenvalue weighted by molar-refractivity contribution is 5.29. The van der Waals surface area contributed by atoms with E-state index in [-0.39, 0.29) is 23.7 Å². The predicted octanol–water partition coefficient (Wildman–Crippen LogP) is 7.56. The van der Waals surface area contributed by atoms with E-state index in [1.807, 2.05) is 6.07 Å². The molecule has 0 radical (unpaired) electrons. The zero-order chi connectivity index (χ0) is 17.8. The van der Waals surface area contributed by atoms with Crippen LogP contribution in [-0.4, -0.2) is 0 Å². The molecule has 1 aromatic carbocycles. The van der Waals surface area contributed by atoms with E-state index in [2.05, 4.69) is 6.92 Å². The molecule has 0 saturated heterocycles. The summed E-state index contributed by atoms with van der Waals surface area (Å²) < 4.78 is 42.2. The molecule has 0 heterocycles. The average molecular weight is 350 g/mol. The Hall–Kier alpha value is -1.25. The quantitative estimate of drug-likeness (QED) is 0.514. The second-order valence-corrected chi connectivity index (χ2v) is 7.90. The molecule has 0 bridgehead atoms. The minimum atomic E-state index is -1.30. The molecule has 1 fully saturated rings. The van der Waals surface area contributed by atoms with Gasteiger partial charge in [0.2, 0.25) is 0 Å². The fourth-order valence-corrected chi connectivity index (χ4v) is 4.45. The zero-order valence-corrected chi connectivity index (χ0v) is 15.1. The van der Waals surface area contributed by atoms with Crippen molar-refractivity contribution < 1.29 is 13.2 Å². The van der Waals surface area contributed by atoms with Gasteiger partial charge in [-0.25, -0.2) is 13.2 Å². The first kappa shape index (κ1) is 18.5. The van der Waals surface area contributed by atoms with Gasteiger partial charge in [0.1, 0.15) is 12.0 Å². The number of alkyl halides is 1. The van der Waals surface area contributed by atoms with Crippen LogP contribution in [0.15, 0.2) is 30.1 Å². The van der Waals surface area contributed by atoms with E-state index in [4.69, 9.17) is 0 Å². The van der Waals surface area contributed by atoms with Crippen molar-refractivity contribution in [2.45, 2.75) is 76.8 Å². The van der Waals surface area contributed by atoms with Crippen LogP contribution in [0.3, 0.4) is 0 Å². The van der Waals surface area contributed by atoms with Gasteiger partial charge in [-0.1, -0.05) is 31.6 Å². The standard InChI is InChI=1S/C22H29F3/c1-2-15-3-7-17(8-4-15)18-9-12-20(22(25)14-18)21(24)13-16-5-10-19(23)11-6-16/h9-10,12,14-17,21H,2-8,11,13H2,1H3. The number of benzene rings is 1. The predicted molar refractivity (Wildman–Crippen MR) is 96.4 cm³/mol. The largest absolute Gasteiger partial charge is 0.242 e. The molecule has 2 aliphatic rings. The number of allylic oxidation sites excluding steroid dienone is 2. The van der Waals surface area contributed by atoms with Crippen LogP contribution in [0.1, 0.15) is 87.9 Å². The topological polar surface area (TPSA) is 0 Å². The number of hydrogen-bond donors (Lipinski definition) is 0. The third-order valence-corrected chi connectivity index (χ3v) is 6.26. The molecular formula is C22H29F3. The van der Waals surface area contributed by atoms with Gasteiger partial charge in [0.15, 0.2) is 0 Å². The molecule has 138 valence electrons. The van der Waals surface area contributed by atoms with Crippen molar-refractivity contribution in [3.8, 4) is 0 Å². The first-order valence-electron chi connectivity index (χ1n) is 9.84. The van der Waals surface area contributed by atoms with Crippen LogP contribution in [-0.2, 0) is 0 Å². The molecule has 0 aliphatic heterocycles. The van der Waals surface area contributed by atoms with Crippen molar-refractivity contribution >= 4 is 0 Å².